The van der Waals surface area contributed by atoms with Crippen LogP contribution in [0.2, 0.25) is 0 Å². The van der Waals surface area contributed by atoms with Crippen LogP contribution in [-0.4, -0.2) is 88.0 Å². The number of nitrogens with zero attached hydrogens (tertiary/aromatic N) is 3. The van der Waals surface area contributed by atoms with E-state index in [0.29, 0.717) is 6.04 Å². The molecule has 0 amide bonds. The van der Waals surface area contributed by atoms with Gasteiger partial charge in [0.05, 0.1) is 13.2 Å². The average molecular weight is 312 g/mol. The Morgan fingerprint density at radius 2 is 2.09 bits per heavy atom. The third kappa shape index (κ3) is 5.41. The average Bonchev–Trinajstić information content (AvgIpc) is 3.05. The number of likely N-dealkylation sites (tertiary alicyclic amines) is 1. The first-order valence-corrected chi connectivity index (χ1v) is 8.70. The van der Waals surface area contributed by atoms with Gasteiger partial charge < -0.3 is 19.7 Å². The zero-order chi connectivity index (χ0) is 15.6. The summed E-state index contributed by atoms with van der Waals surface area (Å²) in [7, 11) is 1.88. The third-order valence-electron chi connectivity index (χ3n) is 4.44. The Bertz CT molecular complexity index is 332. The van der Waals surface area contributed by atoms with Gasteiger partial charge in [-0.1, -0.05) is 0 Å². The third-order valence-corrected chi connectivity index (χ3v) is 4.44. The summed E-state index contributed by atoms with van der Waals surface area (Å²) in [6.07, 6.45) is 3.46. The van der Waals surface area contributed by atoms with Crippen LogP contribution < -0.4 is 5.32 Å². The van der Waals surface area contributed by atoms with Crippen molar-refractivity contribution in [2.75, 3.05) is 66.2 Å². The molecule has 0 aromatic heterocycles. The molecule has 0 bridgehead atoms. The lowest BCUT2D eigenvalue weighted by Crippen LogP contribution is -2.46. The van der Waals surface area contributed by atoms with Gasteiger partial charge in [-0.15, -0.1) is 0 Å². The predicted octanol–water partition coefficient (Wildman–Crippen LogP) is 0.785. The van der Waals surface area contributed by atoms with Crippen LogP contribution in [0.3, 0.4) is 0 Å². The first kappa shape index (κ1) is 17.5. The molecule has 2 saturated heterocycles. The molecule has 0 saturated carbocycles. The van der Waals surface area contributed by atoms with Crippen LogP contribution in [0, 0.1) is 0 Å². The molecule has 0 aromatic rings. The highest BCUT2D eigenvalue weighted by Gasteiger charge is 2.30. The lowest BCUT2D eigenvalue weighted by molar-refractivity contribution is 0.0195. The first-order valence-electron chi connectivity index (χ1n) is 8.70. The van der Waals surface area contributed by atoms with Gasteiger partial charge in [0.2, 0.25) is 0 Å². The first-order chi connectivity index (χ1) is 10.8. The molecule has 1 unspecified atom stereocenters. The van der Waals surface area contributed by atoms with Crippen molar-refractivity contribution >= 4 is 5.96 Å². The van der Waals surface area contributed by atoms with Gasteiger partial charge in [-0.3, -0.25) is 9.89 Å². The van der Waals surface area contributed by atoms with Gasteiger partial charge in [0.25, 0.3) is 0 Å². The summed E-state index contributed by atoms with van der Waals surface area (Å²) < 4.78 is 10.8. The number of morpholine rings is 1. The molecule has 2 fully saturated rings. The van der Waals surface area contributed by atoms with Crippen molar-refractivity contribution in [3.05, 3.63) is 0 Å². The predicted molar refractivity (Wildman–Crippen MR) is 89.5 cm³/mol. The van der Waals surface area contributed by atoms with Gasteiger partial charge in [0, 0.05) is 59.0 Å². The van der Waals surface area contributed by atoms with Crippen LogP contribution in [0.1, 0.15) is 26.2 Å². The topological polar surface area (TPSA) is 49.3 Å². The smallest absolute Gasteiger partial charge is 0.193 e. The summed E-state index contributed by atoms with van der Waals surface area (Å²) in [6.45, 7) is 10.8. The Morgan fingerprint density at radius 1 is 1.27 bits per heavy atom. The van der Waals surface area contributed by atoms with Crippen LogP contribution in [-0.2, 0) is 9.47 Å². The van der Waals surface area contributed by atoms with Crippen LogP contribution in [0.15, 0.2) is 4.99 Å². The molecular formula is C16H32N4O2. The van der Waals surface area contributed by atoms with E-state index in [1.165, 1.54) is 6.42 Å². The fourth-order valence-electron chi connectivity index (χ4n) is 3.18. The molecule has 128 valence electrons. The number of unbranched alkanes of at least 4 members (excludes halogenated alkanes) is 1. The quantitative estimate of drug-likeness (QED) is 0.428. The lowest BCUT2D eigenvalue weighted by atomic mass is 10.2. The van der Waals surface area contributed by atoms with E-state index in [9.17, 15) is 0 Å². The Morgan fingerprint density at radius 3 is 2.82 bits per heavy atom. The molecule has 0 radical (unpaired) electrons. The molecule has 1 N–H and O–H groups in total. The highest BCUT2D eigenvalue weighted by Crippen LogP contribution is 2.16. The monoisotopic (exact) mass is 312 g/mol. The van der Waals surface area contributed by atoms with E-state index in [2.05, 4.69) is 20.1 Å². The molecule has 0 aromatic carbocycles. The Labute approximate surface area is 134 Å². The minimum Gasteiger partial charge on any atom is -0.382 e. The molecule has 2 heterocycles. The van der Waals surface area contributed by atoms with Crippen molar-refractivity contribution < 1.29 is 9.47 Å². The van der Waals surface area contributed by atoms with Gasteiger partial charge in [-0.25, -0.2) is 0 Å². The Kier molecular flexibility index (Phi) is 7.98. The Hall–Kier alpha value is -0.850. The minimum absolute atomic E-state index is 0.653. The highest BCUT2D eigenvalue weighted by atomic mass is 16.5. The maximum Gasteiger partial charge on any atom is 0.193 e. The van der Waals surface area contributed by atoms with Crippen LogP contribution >= 0.6 is 0 Å². The van der Waals surface area contributed by atoms with Crippen molar-refractivity contribution in [3.8, 4) is 0 Å². The van der Waals surface area contributed by atoms with Crippen molar-refractivity contribution in [3.63, 3.8) is 0 Å². The van der Waals surface area contributed by atoms with Crippen molar-refractivity contribution in [2.45, 2.75) is 32.2 Å². The molecule has 6 heteroatoms. The summed E-state index contributed by atoms with van der Waals surface area (Å²) in [5, 5.41) is 3.49. The Balaban J connectivity index is 1.66. The number of hydrogen-bond donors (Lipinski definition) is 1. The van der Waals surface area contributed by atoms with E-state index in [0.717, 1.165) is 78.0 Å². The fourth-order valence-corrected chi connectivity index (χ4v) is 3.18. The second kappa shape index (κ2) is 10.0. The zero-order valence-corrected chi connectivity index (χ0v) is 14.2. The van der Waals surface area contributed by atoms with Crippen LogP contribution in [0.5, 0.6) is 0 Å². The van der Waals surface area contributed by atoms with E-state index in [4.69, 9.17) is 9.47 Å². The van der Waals surface area contributed by atoms with Gasteiger partial charge in [-0.05, 0) is 26.2 Å². The molecule has 0 aliphatic carbocycles. The van der Waals surface area contributed by atoms with E-state index in [1.807, 2.05) is 14.0 Å². The van der Waals surface area contributed by atoms with Crippen molar-refractivity contribution in [1.82, 2.24) is 15.1 Å². The largest absolute Gasteiger partial charge is 0.382 e. The lowest BCUT2D eigenvalue weighted by Gasteiger charge is -2.32. The number of guanidine groups is 1. The second-order valence-electron chi connectivity index (χ2n) is 5.91. The van der Waals surface area contributed by atoms with Crippen molar-refractivity contribution in [2.24, 2.45) is 4.99 Å². The molecule has 2 rings (SSSR count). The summed E-state index contributed by atoms with van der Waals surface area (Å²) in [4.78, 5) is 9.40. The summed E-state index contributed by atoms with van der Waals surface area (Å²) >= 11 is 0. The molecule has 0 spiro atoms. The number of rotatable bonds is 7. The summed E-state index contributed by atoms with van der Waals surface area (Å²) in [6, 6.07) is 0.653. The fraction of sp³-hybridized carbons (Fsp3) is 0.938. The number of nitrogens with one attached hydrogen (secondary N) is 1. The molecule has 22 heavy (non-hydrogen) atoms. The normalized spacial score (nSPS) is 24.0. The molecular weight excluding hydrogens is 280 g/mol. The molecule has 6 nitrogen and oxygen atoms in total. The molecule has 2 aliphatic rings. The van der Waals surface area contributed by atoms with Gasteiger partial charge in [0.15, 0.2) is 5.96 Å². The maximum atomic E-state index is 5.45. The van der Waals surface area contributed by atoms with Crippen LogP contribution in [0.25, 0.3) is 0 Å². The van der Waals surface area contributed by atoms with E-state index < -0.39 is 0 Å². The minimum atomic E-state index is 0.653. The number of ether oxygens (including phenoxy) is 2. The highest BCUT2D eigenvalue weighted by molar-refractivity contribution is 5.80. The van der Waals surface area contributed by atoms with Gasteiger partial charge >= 0.3 is 0 Å². The van der Waals surface area contributed by atoms with E-state index in [-0.39, 0.29) is 0 Å². The second-order valence-corrected chi connectivity index (χ2v) is 5.91. The van der Waals surface area contributed by atoms with Gasteiger partial charge in [-0.2, -0.15) is 0 Å². The van der Waals surface area contributed by atoms with Crippen LogP contribution in [0.4, 0.5) is 0 Å². The number of aliphatic imine (C=N–C) groups is 1. The molecule has 1 atom stereocenters. The number of hydrogen-bond acceptors (Lipinski definition) is 4. The molecule has 2 aliphatic heterocycles. The van der Waals surface area contributed by atoms with E-state index >= 15 is 0 Å². The SMILES string of the molecule is CCOCCCCNC(=NC)N1CCC(N2CCOCC2)C1. The standard InChI is InChI=1S/C16H32N4O2/c1-3-21-11-5-4-7-18-16(17-2)20-8-6-15(14-20)19-9-12-22-13-10-19/h15H,3-14H2,1-2H3,(H,17,18). The summed E-state index contributed by atoms with van der Waals surface area (Å²) in [5.74, 6) is 1.05. The zero-order valence-electron chi connectivity index (χ0n) is 14.2. The van der Waals surface area contributed by atoms with E-state index in [1.54, 1.807) is 0 Å². The van der Waals surface area contributed by atoms with Gasteiger partial charge in [0.1, 0.15) is 0 Å². The summed E-state index contributed by atoms with van der Waals surface area (Å²) in [5.41, 5.74) is 0. The van der Waals surface area contributed by atoms with Crippen molar-refractivity contribution in [1.29, 1.82) is 0 Å². The maximum absolute atomic E-state index is 5.45.